The number of carbonyl (C=O) groups is 1. The monoisotopic (exact) mass is 157 g/mol. The molecular formula is C7H11NO3. The maximum Gasteiger partial charge on any atom is 0.270 e. The van der Waals surface area contributed by atoms with Gasteiger partial charge in [0.25, 0.3) is 6.04 Å². The molecule has 0 bridgehead atoms. The van der Waals surface area contributed by atoms with Crippen LogP contribution >= 0.6 is 0 Å². The van der Waals surface area contributed by atoms with Crippen LogP contribution in [-0.2, 0) is 4.79 Å². The number of carbonyl (C=O) groups excluding carboxylic acids is 1. The van der Waals surface area contributed by atoms with Crippen molar-refractivity contribution in [2.24, 2.45) is 5.92 Å². The normalized spacial score (nSPS) is 31.9. The van der Waals surface area contributed by atoms with Crippen LogP contribution in [0.4, 0.5) is 0 Å². The largest absolute Gasteiger partial charge is 0.292 e. The van der Waals surface area contributed by atoms with Crippen LogP contribution in [0.25, 0.3) is 0 Å². The van der Waals surface area contributed by atoms with Gasteiger partial charge in [-0.2, -0.15) is 0 Å². The highest BCUT2D eigenvalue weighted by Gasteiger charge is 2.34. The van der Waals surface area contributed by atoms with E-state index in [9.17, 15) is 14.9 Å². The molecule has 0 heterocycles. The first-order valence-electron chi connectivity index (χ1n) is 3.77. The van der Waals surface area contributed by atoms with Gasteiger partial charge in [-0.25, -0.2) is 0 Å². The summed E-state index contributed by atoms with van der Waals surface area (Å²) >= 11 is 0. The van der Waals surface area contributed by atoms with E-state index in [0.717, 1.165) is 6.42 Å². The summed E-state index contributed by atoms with van der Waals surface area (Å²) in [5.41, 5.74) is 0. The van der Waals surface area contributed by atoms with E-state index in [1.54, 1.807) is 0 Å². The molecule has 0 spiro atoms. The van der Waals surface area contributed by atoms with Crippen LogP contribution in [0.5, 0.6) is 0 Å². The molecule has 1 saturated carbocycles. The fraction of sp³-hybridized carbons (Fsp3) is 0.857. The van der Waals surface area contributed by atoms with Crippen molar-refractivity contribution in [3.05, 3.63) is 10.1 Å². The van der Waals surface area contributed by atoms with Crippen LogP contribution in [0.3, 0.4) is 0 Å². The van der Waals surface area contributed by atoms with Crippen LogP contribution < -0.4 is 0 Å². The van der Waals surface area contributed by atoms with E-state index >= 15 is 0 Å². The molecule has 2 unspecified atom stereocenters. The Morgan fingerprint density at radius 1 is 1.55 bits per heavy atom. The van der Waals surface area contributed by atoms with Gasteiger partial charge in [0.1, 0.15) is 0 Å². The van der Waals surface area contributed by atoms with Crippen molar-refractivity contribution in [3.8, 4) is 0 Å². The van der Waals surface area contributed by atoms with Crippen LogP contribution in [0.2, 0.25) is 0 Å². The lowest BCUT2D eigenvalue weighted by molar-refractivity contribution is -0.509. The van der Waals surface area contributed by atoms with Crippen molar-refractivity contribution in [1.82, 2.24) is 0 Å². The second-order valence-corrected chi connectivity index (χ2v) is 3.15. The standard InChI is InChI=1S/C7H11NO3/c1-5-2-3-6(8(10)11)7(9)4-5/h5-6H,2-4H2,1H3. The number of rotatable bonds is 1. The zero-order chi connectivity index (χ0) is 8.43. The fourth-order valence-corrected chi connectivity index (χ4v) is 1.41. The van der Waals surface area contributed by atoms with Gasteiger partial charge in [0.05, 0.1) is 0 Å². The van der Waals surface area contributed by atoms with Gasteiger partial charge in [-0.1, -0.05) is 6.92 Å². The van der Waals surface area contributed by atoms with Gasteiger partial charge in [-0.15, -0.1) is 0 Å². The highest BCUT2D eigenvalue weighted by molar-refractivity contribution is 5.83. The van der Waals surface area contributed by atoms with Gasteiger partial charge in [-0.05, 0) is 12.3 Å². The molecule has 0 aromatic heterocycles. The van der Waals surface area contributed by atoms with E-state index in [1.165, 1.54) is 0 Å². The number of Topliss-reactive ketones (excluding diaryl/α,β-unsaturated/α-hetero) is 1. The zero-order valence-corrected chi connectivity index (χ0v) is 6.45. The molecule has 4 nitrogen and oxygen atoms in total. The number of ketones is 1. The third kappa shape index (κ3) is 1.76. The molecule has 11 heavy (non-hydrogen) atoms. The van der Waals surface area contributed by atoms with Crippen molar-refractivity contribution in [2.45, 2.75) is 32.2 Å². The Bertz CT molecular complexity index is 190. The summed E-state index contributed by atoms with van der Waals surface area (Å²) in [6.45, 7) is 1.95. The number of hydrogen-bond acceptors (Lipinski definition) is 3. The first kappa shape index (κ1) is 8.17. The average molecular weight is 157 g/mol. The molecule has 1 fully saturated rings. The molecule has 1 aliphatic carbocycles. The second kappa shape index (κ2) is 2.98. The maximum atomic E-state index is 11.0. The summed E-state index contributed by atoms with van der Waals surface area (Å²) < 4.78 is 0. The Morgan fingerprint density at radius 3 is 2.64 bits per heavy atom. The Morgan fingerprint density at radius 2 is 2.18 bits per heavy atom. The molecule has 1 aliphatic rings. The van der Waals surface area contributed by atoms with Gasteiger partial charge in [0.2, 0.25) is 5.78 Å². The lowest BCUT2D eigenvalue weighted by Crippen LogP contribution is -2.34. The molecule has 0 amide bonds. The summed E-state index contributed by atoms with van der Waals surface area (Å²) in [4.78, 5) is 20.8. The highest BCUT2D eigenvalue weighted by Crippen LogP contribution is 2.22. The SMILES string of the molecule is CC1CCC([N+](=O)[O-])C(=O)C1. The summed E-state index contributed by atoms with van der Waals surface area (Å²) in [6, 6.07) is -0.911. The van der Waals surface area contributed by atoms with Crippen LogP contribution in [0.15, 0.2) is 0 Å². The first-order chi connectivity index (χ1) is 5.11. The van der Waals surface area contributed by atoms with E-state index in [0.29, 0.717) is 18.8 Å². The van der Waals surface area contributed by atoms with E-state index in [4.69, 9.17) is 0 Å². The summed E-state index contributed by atoms with van der Waals surface area (Å²) in [6.07, 6.45) is 1.61. The molecule has 0 radical (unpaired) electrons. The Labute approximate surface area is 64.7 Å². The van der Waals surface area contributed by atoms with Gasteiger partial charge in [0.15, 0.2) is 0 Å². The Balaban J connectivity index is 2.58. The molecule has 0 aromatic carbocycles. The molecule has 0 saturated heterocycles. The minimum Gasteiger partial charge on any atom is -0.292 e. The number of nitro groups is 1. The van der Waals surface area contributed by atoms with Crippen molar-refractivity contribution in [3.63, 3.8) is 0 Å². The molecule has 2 atom stereocenters. The smallest absolute Gasteiger partial charge is 0.270 e. The van der Waals surface area contributed by atoms with Gasteiger partial charge in [0, 0.05) is 17.8 Å². The van der Waals surface area contributed by atoms with Crippen LogP contribution in [0.1, 0.15) is 26.2 Å². The fourth-order valence-electron chi connectivity index (χ4n) is 1.41. The third-order valence-electron chi connectivity index (χ3n) is 2.11. The van der Waals surface area contributed by atoms with E-state index in [-0.39, 0.29) is 5.78 Å². The van der Waals surface area contributed by atoms with E-state index < -0.39 is 11.0 Å². The Kier molecular flexibility index (Phi) is 2.22. The maximum absolute atomic E-state index is 11.0. The van der Waals surface area contributed by atoms with Crippen LogP contribution in [0, 0.1) is 16.0 Å². The van der Waals surface area contributed by atoms with Gasteiger partial charge >= 0.3 is 0 Å². The minimum absolute atomic E-state index is 0.200. The minimum atomic E-state index is -0.911. The van der Waals surface area contributed by atoms with Crippen molar-refractivity contribution < 1.29 is 9.72 Å². The van der Waals surface area contributed by atoms with Crippen molar-refractivity contribution in [2.75, 3.05) is 0 Å². The molecule has 0 aliphatic heterocycles. The van der Waals surface area contributed by atoms with Crippen molar-refractivity contribution >= 4 is 5.78 Å². The number of nitrogens with zero attached hydrogens (tertiary/aromatic N) is 1. The quantitative estimate of drug-likeness (QED) is 0.421. The first-order valence-corrected chi connectivity index (χ1v) is 3.77. The Hall–Kier alpha value is -0.930. The van der Waals surface area contributed by atoms with E-state index in [2.05, 4.69) is 0 Å². The van der Waals surface area contributed by atoms with Crippen LogP contribution in [-0.4, -0.2) is 16.7 Å². The molecule has 0 aromatic rings. The lowest BCUT2D eigenvalue weighted by atomic mass is 9.87. The molecule has 0 N–H and O–H groups in total. The lowest BCUT2D eigenvalue weighted by Gasteiger charge is -2.18. The predicted molar refractivity (Wildman–Crippen MR) is 38.8 cm³/mol. The zero-order valence-electron chi connectivity index (χ0n) is 6.45. The highest BCUT2D eigenvalue weighted by atomic mass is 16.6. The number of hydrogen-bond donors (Lipinski definition) is 0. The summed E-state index contributed by atoms with van der Waals surface area (Å²) in [7, 11) is 0. The van der Waals surface area contributed by atoms with Crippen molar-refractivity contribution in [1.29, 1.82) is 0 Å². The average Bonchev–Trinajstić information content (AvgIpc) is 1.85. The predicted octanol–water partition coefficient (Wildman–Crippen LogP) is 1.02. The molecule has 1 rings (SSSR count). The van der Waals surface area contributed by atoms with Gasteiger partial charge in [-0.3, -0.25) is 14.9 Å². The molecular weight excluding hydrogens is 146 g/mol. The summed E-state index contributed by atoms with van der Waals surface area (Å²) in [5.74, 6) is 0.132. The van der Waals surface area contributed by atoms with Gasteiger partial charge < -0.3 is 0 Å². The molecule has 4 heteroatoms. The second-order valence-electron chi connectivity index (χ2n) is 3.15. The van der Waals surface area contributed by atoms with E-state index in [1.807, 2.05) is 6.92 Å². The third-order valence-corrected chi connectivity index (χ3v) is 2.11. The molecule has 62 valence electrons. The topological polar surface area (TPSA) is 60.2 Å². The summed E-state index contributed by atoms with van der Waals surface area (Å²) in [5, 5.41) is 10.3.